The number of aryl methyl sites for hydroxylation is 1. The molecule has 3 N–H and O–H groups in total. The van der Waals surface area contributed by atoms with Crippen LogP contribution in [0.3, 0.4) is 0 Å². The standard InChI is InChI=1S/C19H19N5O2/c25-17(11-22-19(26)16-10-20-8-9-21-16)23-15-7-3-5-13-12-4-1-2-6-14(12)24-18(13)15/h1-2,4,6,8-10,15,24H,3,5,7,11H2,(H,22,26)(H,23,25). The Hall–Kier alpha value is -3.22. The number of carbonyl (C=O) groups excluding carboxylic acids is 2. The predicted octanol–water partition coefficient (Wildman–Crippen LogP) is 1.88. The fourth-order valence-electron chi connectivity index (χ4n) is 3.47. The maximum absolute atomic E-state index is 12.3. The van der Waals surface area contributed by atoms with Crippen molar-refractivity contribution in [3.05, 3.63) is 59.8 Å². The third-order valence-electron chi connectivity index (χ3n) is 4.66. The highest BCUT2D eigenvalue weighted by atomic mass is 16.2. The summed E-state index contributed by atoms with van der Waals surface area (Å²) in [4.78, 5) is 35.5. The summed E-state index contributed by atoms with van der Waals surface area (Å²) in [6.07, 6.45) is 7.20. The number of benzene rings is 1. The number of aromatic nitrogens is 3. The van der Waals surface area contributed by atoms with Crippen LogP contribution >= 0.6 is 0 Å². The smallest absolute Gasteiger partial charge is 0.271 e. The molecule has 0 bridgehead atoms. The number of H-pyrrole nitrogens is 1. The van der Waals surface area contributed by atoms with Gasteiger partial charge >= 0.3 is 0 Å². The summed E-state index contributed by atoms with van der Waals surface area (Å²) >= 11 is 0. The molecule has 132 valence electrons. The van der Waals surface area contributed by atoms with Crippen molar-refractivity contribution in [2.45, 2.75) is 25.3 Å². The van der Waals surface area contributed by atoms with Crippen LogP contribution in [0, 0.1) is 0 Å². The van der Waals surface area contributed by atoms with Crippen molar-refractivity contribution in [1.29, 1.82) is 0 Å². The van der Waals surface area contributed by atoms with Gasteiger partial charge < -0.3 is 15.6 Å². The van der Waals surface area contributed by atoms with E-state index < -0.39 is 5.91 Å². The zero-order valence-electron chi connectivity index (χ0n) is 14.2. The van der Waals surface area contributed by atoms with Gasteiger partial charge in [0.05, 0.1) is 18.8 Å². The van der Waals surface area contributed by atoms with Gasteiger partial charge in [-0.2, -0.15) is 0 Å². The molecule has 0 fully saturated rings. The lowest BCUT2D eigenvalue weighted by Crippen LogP contribution is -2.39. The molecule has 0 spiro atoms. The van der Waals surface area contributed by atoms with E-state index in [9.17, 15) is 9.59 Å². The molecule has 4 rings (SSSR count). The molecule has 2 heterocycles. The van der Waals surface area contributed by atoms with E-state index >= 15 is 0 Å². The van der Waals surface area contributed by atoms with Crippen LogP contribution in [0.15, 0.2) is 42.9 Å². The fourth-order valence-corrected chi connectivity index (χ4v) is 3.47. The van der Waals surface area contributed by atoms with Crippen LogP contribution in [0.5, 0.6) is 0 Å². The first-order chi connectivity index (χ1) is 12.7. The second-order valence-electron chi connectivity index (χ2n) is 6.35. The maximum Gasteiger partial charge on any atom is 0.271 e. The van der Waals surface area contributed by atoms with Crippen molar-refractivity contribution in [2.24, 2.45) is 0 Å². The highest BCUT2D eigenvalue weighted by Gasteiger charge is 2.25. The Balaban J connectivity index is 1.42. The minimum absolute atomic E-state index is 0.0629. The first kappa shape index (κ1) is 16.3. The normalized spacial score (nSPS) is 16.1. The molecule has 1 aliphatic carbocycles. The number of para-hydroxylation sites is 1. The summed E-state index contributed by atoms with van der Waals surface area (Å²) < 4.78 is 0. The lowest BCUT2D eigenvalue weighted by atomic mass is 9.91. The monoisotopic (exact) mass is 349 g/mol. The van der Waals surface area contributed by atoms with Crippen LogP contribution in [-0.4, -0.2) is 33.3 Å². The molecule has 2 aromatic heterocycles. The molecule has 2 amide bonds. The third-order valence-corrected chi connectivity index (χ3v) is 4.66. The molecule has 1 atom stereocenters. The van der Waals surface area contributed by atoms with Gasteiger partial charge in [0, 0.05) is 29.0 Å². The van der Waals surface area contributed by atoms with Crippen molar-refractivity contribution >= 4 is 22.7 Å². The first-order valence-electron chi connectivity index (χ1n) is 8.65. The van der Waals surface area contributed by atoms with E-state index in [1.54, 1.807) is 0 Å². The van der Waals surface area contributed by atoms with E-state index in [4.69, 9.17) is 0 Å². The van der Waals surface area contributed by atoms with Gasteiger partial charge in [0.2, 0.25) is 5.91 Å². The molecule has 0 saturated heterocycles. The van der Waals surface area contributed by atoms with Gasteiger partial charge in [0.15, 0.2) is 0 Å². The number of hydrogen-bond donors (Lipinski definition) is 3. The van der Waals surface area contributed by atoms with Gasteiger partial charge in [0.25, 0.3) is 5.91 Å². The van der Waals surface area contributed by atoms with Crippen LogP contribution in [0.1, 0.15) is 40.6 Å². The number of aromatic amines is 1. The second kappa shape index (κ2) is 6.95. The molecule has 1 unspecified atom stereocenters. The number of carbonyl (C=O) groups is 2. The summed E-state index contributed by atoms with van der Waals surface area (Å²) in [5.41, 5.74) is 3.64. The Bertz CT molecular complexity index is 951. The molecule has 0 saturated carbocycles. The van der Waals surface area contributed by atoms with E-state index in [1.807, 2.05) is 18.2 Å². The zero-order valence-corrected chi connectivity index (χ0v) is 14.2. The van der Waals surface area contributed by atoms with E-state index in [2.05, 4.69) is 31.7 Å². The van der Waals surface area contributed by atoms with Gasteiger partial charge in [-0.1, -0.05) is 18.2 Å². The lowest BCUT2D eigenvalue weighted by molar-refractivity contribution is -0.121. The molecular formula is C19H19N5O2. The molecule has 1 aromatic carbocycles. The minimum atomic E-state index is -0.414. The van der Waals surface area contributed by atoms with Gasteiger partial charge in [-0.3, -0.25) is 14.6 Å². The predicted molar refractivity (Wildman–Crippen MR) is 96.5 cm³/mol. The van der Waals surface area contributed by atoms with Crippen molar-refractivity contribution in [3.63, 3.8) is 0 Å². The summed E-state index contributed by atoms with van der Waals surface area (Å²) in [5.74, 6) is -0.637. The van der Waals surface area contributed by atoms with Crippen LogP contribution in [-0.2, 0) is 11.2 Å². The van der Waals surface area contributed by atoms with Gasteiger partial charge in [-0.25, -0.2) is 4.98 Å². The number of rotatable bonds is 4. The number of fused-ring (bicyclic) bond motifs is 3. The Morgan fingerprint density at radius 1 is 1.23 bits per heavy atom. The van der Waals surface area contributed by atoms with Crippen LogP contribution in [0.25, 0.3) is 10.9 Å². The number of amides is 2. The molecular weight excluding hydrogens is 330 g/mol. The lowest BCUT2D eigenvalue weighted by Gasteiger charge is -2.24. The fraction of sp³-hybridized carbons (Fsp3) is 0.263. The van der Waals surface area contributed by atoms with Crippen molar-refractivity contribution < 1.29 is 9.59 Å². The summed E-state index contributed by atoms with van der Waals surface area (Å²) in [7, 11) is 0. The number of nitrogens with zero attached hydrogens (tertiary/aromatic N) is 2. The maximum atomic E-state index is 12.3. The van der Waals surface area contributed by atoms with Gasteiger partial charge in [-0.15, -0.1) is 0 Å². The number of nitrogens with one attached hydrogen (secondary N) is 3. The Morgan fingerprint density at radius 2 is 2.12 bits per heavy atom. The molecule has 1 aliphatic rings. The molecule has 0 radical (unpaired) electrons. The minimum Gasteiger partial charge on any atom is -0.356 e. The van der Waals surface area contributed by atoms with Crippen LogP contribution in [0.2, 0.25) is 0 Å². The van der Waals surface area contributed by atoms with Gasteiger partial charge in [0.1, 0.15) is 5.69 Å². The largest absolute Gasteiger partial charge is 0.356 e. The summed E-state index contributed by atoms with van der Waals surface area (Å²) in [6, 6.07) is 8.12. The van der Waals surface area contributed by atoms with Crippen molar-refractivity contribution in [2.75, 3.05) is 6.54 Å². The first-order valence-corrected chi connectivity index (χ1v) is 8.65. The highest BCUT2D eigenvalue weighted by molar-refractivity contribution is 5.94. The van der Waals surface area contributed by atoms with E-state index in [0.717, 1.165) is 30.5 Å². The van der Waals surface area contributed by atoms with E-state index in [1.165, 1.54) is 29.5 Å². The second-order valence-corrected chi connectivity index (χ2v) is 6.35. The summed E-state index contributed by atoms with van der Waals surface area (Å²) in [5, 5.41) is 6.82. The SMILES string of the molecule is O=C(CNC(=O)c1cnccn1)NC1CCCc2c1[nH]c1ccccc21. The third kappa shape index (κ3) is 3.15. The highest BCUT2D eigenvalue weighted by Crippen LogP contribution is 2.34. The molecule has 0 aliphatic heterocycles. The molecule has 7 heteroatoms. The molecule has 3 aromatic rings. The van der Waals surface area contributed by atoms with E-state index in [-0.39, 0.29) is 24.2 Å². The van der Waals surface area contributed by atoms with E-state index in [0.29, 0.717) is 0 Å². The quantitative estimate of drug-likeness (QED) is 0.669. The molecule has 26 heavy (non-hydrogen) atoms. The summed E-state index contributed by atoms with van der Waals surface area (Å²) in [6.45, 7) is -0.0958. The molecule has 7 nitrogen and oxygen atoms in total. The number of hydrogen-bond acceptors (Lipinski definition) is 4. The van der Waals surface area contributed by atoms with Crippen LogP contribution in [0.4, 0.5) is 0 Å². The van der Waals surface area contributed by atoms with Crippen molar-refractivity contribution in [3.8, 4) is 0 Å². The average molecular weight is 349 g/mol. The topological polar surface area (TPSA) is 99.8 Å². The van der Waals surface area contributed by atoms with Gasteiger partial charge in [-0.05, 0) is 30.9 Å². The average Bonchev–Trinajstić information content (AvgIpc) is 3.07. The zero-order chi connectivity index (χ0) is 17.9. The van der Waals surface area contributed by atoms with Crippen molar-refractivity contribution in [1.82, 2.24) is 25.6 Å². The van der Waals surface area contributed by atoms with Crippen LogP contribution < -0.4 is 10.6 Å². The Labute approximate surface area is 150 Å². The Kier molecular flexibility index (Phi) is 4.35. The Morgan fingerprint density at radius 3 is 2.96 bits per heavy atom.